The Labute approximate surface area is 106 Å². The first-order chi connectivity index (χ1) is 8.47. The minimum atomic E-state index is -1.04. The van der Waals surface area contributed by atoms with Crippen LogP contribution in [0.4, 0.5) is 4.79 Å². The van der Waals surface area contributed by atoms with Crippen LogP contribution >= 0.6 is 0 Å². The molecular formula is C11H21N3O4. The number of carboxylic acids is 1. The highest BCUT2D eigenvalue weighted by Crippen LogP contribution is 2.00. The van der Waals surface area contributed by atoms with Crippen molar-refractivity contribution >= 4 is 17.9 Å². The normalized spacial score (nSPS) is 11.4. The first kappa shape index (κ1) is 16.2. The molecule has 0 aromatic heterocycles. The third-order valence-corrected chi connectivity index (χ3v) is 2.23. The fourth-order valence-electron chi connectivity index (χ4n) is 1.29. The maximum absolute atomic E-state index is 11.4. The van der Waals surface area contributed by atoms with Gasteiger partial charge in [0.2, 0.25) is 5.91 Å². The first-order valence-electron chi connectivity index (χ1n) is 5.99. The number of nitrogens with one attached hydrogen (secondary N) is 3. The molecule has 0 radical (unpaired) electrons. The zero-order valence-corrected chi connectivity index (χ0v) is 10.8. The van der Waals surface area contributed by atoms with E-state index in [1.807, 2.05) is 6.92 Å². The van der Waals surface area contributed by atoms with Gasteiger partial charge < -0.3 is 21.1 Å². The quantitative estimate of drug-likeness (QED) is 0.462. The largest absolute Gasteiger partial charge is 0.480 e. The molecule has 1 unspecified atom stereocenters. The van der Waals surface area contributed by atoms with Crippen LogP contribution in [0.3, 0.4) is 0 Å². The van der Waals surface area contributed by atoms with Crippen LogP contribution in [0.5, 0.6) is 0 Å². The molecule has 0 aromatic carbocycles. The summed E-state index contributed by atoms with van der Waals surface area (Å²) in [4.78, 5) is 32.8. The molecule has 0 rings (SSSR count). The summed E-state index contributed by atoms with van der Waals surface area (Å²) in [6.07, 6.45) is 2.02. The summed E-state index contributed by atoms with van der Waals surface area (Å²) in [5, 5.41) is 16.3. The van der Waals surface area contributed by atoms with Crippen molar-refractivity contribution < 1.29 is 19.5 Å². The number of aliphatic carboxylic acids is 1. The van der Waals surface area contributed by atoms with Crippen molar-refractivity contribution in [3.63, 3.8) is 0 Å². The van der Waals surface area contributed by atoms with Gasteiger partial charge in [0, 0.05) is 20.0 Å². The van der Waals surface area contributed by atoms with Gasteiger partial charge in [-0.2, -0.15) is 0 Å². The van der Waals surface area contributed by atoms with Crippen molar-refractivity contribution in [1.82, 2.24) is 16.0 Å². The van der Waals surface area contributed by atoms with Crippen molar-refractivity contribution in [3.05, 3.63) is 0 Å². The number of unbranched alkanes of at least 4 members (excludes halogenated alkanes) is 1. The van der Waals surface area contributed by atoms with Crippen LogP contribution in [0.1, 0.15) is 33.1 Å². The maximum Gasteiger partial charge on any atom is 0.326 e. The topological polar surface area (TPSA) is 108 Å². The fraction of sp³-hybridized carbons (Fsp3) is 0.727. The van der Waals surface area contributed by atoms with Gasteiger partial charge in [-0.3, -0.25) is 4.79 Å². The molecule has 0 fully saturated rings. The Morgan fingerprint density at radius 2 is 1.78 bits per heavy atom. The smallest absolute Gasteiger partial charge is 0.326 e. The average molecular weight is 259 g/mol. The summed E-state index contributed by atoms with van der Waals surface area (Å²) in [6, 6.07) is -1.41. The van der Waals surface area contributed by atoms with Gasteiger partial charge >= 0.3 is 12.0 Å². The molecule has 7 heteroatoms. The number of rotatable bonds is 8. The van der Waals surface area contributed by atoms with Gasteiger partial charge in [-0.25, -0.2) is 9.59 Å². The lowest BCUT2D eigenvalue weighted by molar-refractivity contribution is -0.139. The summed E-state index contributed by atoms with van der Waals surface area (Å²) >= 11 is 0. The van der Waals surface area contributed by atoms with Crippen LogP contribution in [-0.2, 0) is 9.59 Å². The monoisotopic (exact) mass is 259 g/mol. The van der Waals surface area contributed by atoms with Crippen LogP contribution in [-0.4, -0.2) is 42.1 Å². The number of hydrogen-bond donors (Lipinski definition) is 4. The second kappa shape index (κ2) is 9.26. The second-order valence-corrected chi connectivity index (χ2v) is 3.92. The highest BCUT2D eigenvalue weighted by atomic mass is 16.4. The van der Waals surface area contributed by atoms with Crippen molar-refractivity contribution in [1.29, 1.82) is 0 Å². The Kier molecular flexibility index (Phi) is 8.34. The van der Waals surface area contributed by atoms with Crippen molar-refractivity contribution in [3.8, 4) is 0 Å². The maximum atomic E-state index is 11.4. The number of carbonyl (C=O) groups excluding carboxylic acids is 2. The molecule has 0 saturated carbocycles. The van der Waals surface area contributed by atoms with E-state index in [2.05, 4.69) is 16.0 Å². The van der Waals surface area contributed by atoms with E-state index in [0.717, 1.165) is 12.8 Å². The molecule has 3 amide bonds. The van der Waals surface area contributed by atoms with Crippen molar-refractivity contribution in [2.24, 2.45) is 0 Å². The molecule has 7 nitrogen and oxygen atoms in total. The Balaban J connectivity index is 3.87. The molecule has 0 bridgehead atoms. The SMILES string of the molecule is CCCCC(NC(=O)NCCNC(C)=O)C(=O)O. The molecule has 1 atom stereocenters. The van der Waals surface area contributed by atoms with Gasteiger partial charge in [0.05, 0.1) is 0 Å². The van der Waals surface area contributed by atoms with Crippen LogP contribution in [0.15, 0.2) is 0 Å². The molecule has 0 spiro atoms. The van der Waals surface area contributed by atoms with E-state index < -0.39 is 18.0 Å². The van der Waals surface area contributed by atoms with Gasteiger partial charge in [0.15, 0.2) is 0 Å². The third kappa shape index (κ3) is 8.37. The number of urea groups is 1. The lowest BCUT2D eigenvalue weighted by Gasteiger charge is -2.14. The second-order valence-electron chi connectivity index (χ2n) is 3.92. The molecule has 0 saturated heterocycles. The summed E-state index contributed by atoms with van der Waals surface area (Å²) in [5.41, 5.74) is 0. The number of amides is 3. The Morgan fingerprint density at radius 1 is 1.17 bits per heavy atom. The minimum Gasteiger partial charge on any atom is -0.480 e. The number of carboxylic acid groups (broad SMARTS) is 1. The van der Waals surface area contributed by atoms with Crippen LogP contribution in [0.2, 0.25) is 0 Å². The van der Waals surface area contributed by atoms with Gasteiger partial charge in [-0.05, 0) is 6.42 Å². The van der Waals surface area contributed by atoms with E-state index in [4.69, 9.17) is 5.11 Å². The Morgan fingerprint density at radius 3 is 2.28 bits per heavy atom. The van der Waals surface area contributed by atoms with Crippen molar-refractivity contribution in [2.75, 3.05) is 13.1 Å². The zero-order valence-electron chi connectivity index (χ0n) is 10.8. The van der Waals surface area contributed by atoms with E-state index in [1.54, 1.807) is 0 Å². The fourth-order valence-corrected chi connectivity index (χ4v) is 1.29. The van der Waals surface area contributed by atoms with E-state index in [-0.39, 0.29) is 12.5 Å². The van der Waals surface area contributed by atoms with Gasteiger partial charge in [-0.15, -0.1) is 0 Å². The third-order valence-electron chi connectivity index (χ3n) is 2.23. The van der Waals surface area contributed by atoms with E-state index in [9.17, 15) is 14.4 Å². The Hall–Kier alpha value is -1.79. The summed E-state index contributed by atoms with van der Waals surface area (Å²) < 4.78 is 0. The van der Waals surface area contributed by atoms with E-state index >= 15 is 0 Å². The molecule has 0 aliphatic carbocycles. The van der Waals surface area contributed by atoms with Gasteiger partial charge in [-0.1, -0.05) is 19.8 Å². The molecule has 0 aliphatic rings. The summed E-state index contributed by atoms with van der Waals surface area (Å²) in [7, 11) is 0. The molecule has 0 heterocycles. The predicted octanol–water partition coefficient (Wildman–Crippen LogP) is 0.0651. The zero-order chi connectivity index (χ0) is 14.0. The standard InChI is InChI=1S/C11H21N3O4/c1-3-4-5-9(10(16)17)14-11(18)13-7-6-12-8(2)15/h9H,3-7H2,1-2H3,(H,12,15)(H,16,17)(H2,13,14,18). The molecular weight excluding hydrogens is 238 g/mol. The predicted molar refractivity (Wildman–Crippen MR) is 66.2 cm³/mol. The lowest BCUT2D eigenvalue weighted by atomic mass is 10.1. The number of carbonyl (C=O) groups is 3. The minimum absolute atomic E-state index is 0.177. The van der Waals surface area contributed by atoms with Gasteiger partial charge in [0.1, 0.15) is 6.04 Å². The van der Waals surface area contributed by atoms with Crippen LogP contribution < -0.4 is 16.0 Å². The van der Waals surface area contributed by atoms with Crippen LogP contribution in [0, 0.1) is 0 Å². The Bertz CT molecular complexity index is 294. The first-order valence-corrected chi connectivity index (χ1v) is 5.99. The lowest BCUT2D eigenvalue weighted by Crippen LogP contribution is -2.47. The average Bonchev–Trinajstić information content (AvgIpc) is 2.29. The van der Waals surface area contributed by atoms with E-state index in [0.29, 0.717) is 13.0 Å². The summed E-state index contributed by atoms with van der Waals surface area (Å²) in [6.45, 7) is 3.90. The summed E-state index contributed by atoms with van der Waals surface area (Å²) in [5.74, 6) is -1.22. The van der Waals surface area contributed by atoms with Crippen molar-refractivity contribution in [2.45, 2.75) is 39.2 Å². The molecule has 104 valence electrons. The molecule has 18 heavy (non-hydrogen) atoms. The molecule has 0 aliphatic heterocycles. The molecule has 0 aromatic rings. The highest BCUT2D eigenvalue weighted by molar-refractivity contribution is 5.82. The molecule has 4 N–H and O–H groups in total. The highest BCUT2D eigenvalue weighted by Gasteiger charge is 2.18. The number of hydrogen-bond acceptors (Lipinski definition) is 3. The van der Waals surface area contributed by atoms with Gasteiger partial charge in [0.25, 0.3) is 0 Å². The van der Waals surface area contributed by atoms with Crippen LogP contribution in [0.25, 0.3) is 0 Å². The van der Waals surface area contributed by atoms with E-state index in [1.165, 1.54) is 6.92 Å².